The van der Waals surface area contributed by atoms with E-state index in [9.17, 15) is 14.7 Å². The summed E-state index contributed by atoms with van der Waals surface area (Å²) in [5.41, 5.74) is 4.74. The Bertz CT molecular complexity index is 1310. The van der Waals surface area contributed by atoms with E-state index in [0.717, 1.165) is 28.0 Å². The fourth-order valence-corrected chi connectivity index (χ4v) is 4.40. The average molecular weight is 470 g/mol. The molecule has 1 heterocycles. The predicted octanol–water partition coefficient (Wildman–Crippen LogP) is 6.27. The molecule has 180 valence electrons. The second-order valence-corrected chi connectivity index (χ2v) is 9.48. The lowest BCUT2D eigenvalue weighted by Crippen LogP contribution is -2.30. The first-order valence-electron chi connectivity index (χ1n) is 11.9. The Morgan fingerprint density at radius 1 is 0.943 bits per heavy atom. The molecule has 3 aromatic carbocycles. The molecule has 5 heteroatoms. The van der Waals surface area contributed by atoms with Gasteiger partial charge in [-0.05, 0) is 73.2 Å². The van der Waals surface area contributed by atoms with Gasteiger partial charge in [-0.3, -0.25) is 14.5 Å². The summed E-state index contributed by atoms with van der Waals surface area (Å²) in [6.07, 6.45) is 0. The molecule has 0 radical (unpaired) electrons. The molecule has 1 aliphatic rings. The minimum atomic E-state index is -0.742. The number of hydrogen-bond donors (Lipinski definition) is 1. The Labute approximate surface area is 206 Å². The van der Waals surface area contributed by atoms with Gasteiger partial charge in [-0.25, -0.2) is 0 Å². The number of hydrogen-bond acceptors (Lipinski definition) is 4. The van der Waals surface area contributed by atoms with Gasteiger partial charge in [-0.15, -0.1) is 0 Å². The van der Waals surface area contributed by atoms with Crippen LogP contribution in [0.5, 0.6) is 5.75 Å². The van der Waals surface area contributed by atoms with E-state index in [4.69, 9.17) is 4.74 Å². The van der Waals surface area contributed by atoms with Crippen molar-refractivity contribution in [2.24, 2.45) is 5.92 Å². The first-order chi connectivity index (χ1) is 16.7. The number of aliphatic hydroxyl groups excluding tert-OH is 1. The number of anilines is 1. The van der Waals surface area contributed by atoms with Gasteiger partial charge >= 0.3 is 0 Å². The quantitative estimate of drug-likeness (QED) is 0.262. The topological polar surface area (TPSA) is 66.8 Å². The van der Waals surface area contributed by atoms with Gasteiger partial charge in [0, 0.05) is 11.3 Å². The van der Waals surface area contributed by atoms with Crippen LogP contribution in [0.2, 0.25) is 0 Å². The van der Waals surface area contributed by atoms with Crippen LogP contribution in [0.15, 0.2) is 72.3 Å². The van der Waals surface area contributed by atoms with E-state index < -0.39 is 17.7 Å². The minimum Gasteiger partial charge on any atom is -0.507 e. The summed E-state index contributed by atoms with van der Waals surface area (Å²) in [6, 6.07) is 19.6. The van der Waals surface area contributed by atoms with Crippen LogP contribution in [0.1, 0.15) is 47.7 Å². The molecule has 35 heavy (non-hydrogen) atoms. The van der Waals surface area contributed by atoms with Crippen molar-refractivity contribution in [3.05, 3.63) is 100 Å². The van der Waals surface area contributed by atoms with Gasteiger partial charge < -0.3 is 9.84 Å². The van der Waals surface area contributed by atoms with Crippen LogP contribution in [0.25, 0.3) is 5.76 Å². The number of aliphatic hydroxyl groups is 1. The van der Waals surface area contributed by atoms with Crippen molar-refractivity contribution in [2.45, 2.75) is 40.7 Å². The van der Waals surface area contributed by atoms with E-state index >= 15 is 0 Å². The first kappa shape index (κ1) is 24.3. The SMILES string of the molecule is Cc1cc(/C(O)=C2\C(=O)C(=O)N(c3cccc(C)c3C)C2c2ccccc2)ccc1OCC(C)C. The first-order valence-corrected chi connectivity index (χ1v) is 11.9. The molecule has 0 aliphatic carbocycles. The van der Waals surface area contributed by atoms with Crippen LogP contribution in [0.4, 0.5) is 5.69 Å². The summed E-state index contributed by atoms with van der Waals surface area (Å²) in [4.78, 5) is 28.3. The highest BCUT2D eigenvalue weighted by Gasteiger charge is 2.47. The van der Waals surface area contributed by atoms with Crippen molar-refractivity contribution >= 4 is 23.1 Å². The third-order valence-electron chi connectivity index (χ3n) is 6.42. The summed E-state index contributed by atoms with van der Waals surface area (Å²) in [5.74, 6) is -0.429. The monoisotopic (exact) mass is 469 g/mol. The van der Waals surface area contributed by atoms with Gasteiger partial charge in [-0.2, -0.15) is 0 Å². The van der Waals surface area contributed by atoms with E-state index in [-0.39, 0.29) is 11.3 Å². The van der Waals surface area contributed by atoms with Gasteiger partial charge in [0.15, 0.2) is 0 Å². The van der Waals surface area contributed by atoms with Crippen molar-refractivity contribution in [2.75, 3.05) is 11.5 Å². The molecule has 0 saturated carbocycles. The Morgan fingerprint density at radius 2 is 1.66 bits per heavy atom. The molecule has 0 bridgehead atoms. The lowest BCUT2D eigenvalue weighted by atomic mass is 9.94. The summed E-state index contributed by atoms with van der Waals surface area (Å²) < 4.78 is 5.86. The number of benzene rings is 3. The molecule has 1 fully saturated rings. The number of ether oxygens (including phenoxy) is 1. The van der Waals surface area contributed by atoms with Crippen LogP contribution < -0.4 is 9.64 Å². The summed E-state index contributed by atoms with van der Waals surface area (Å²) in [6.45, 7) is 10.5. The molecule has 5 nitrogen and oxygen atoms in total. The predicted molar refractivity (Wildman–Crippen MR) is 139 cm³/mol. The van der Waals surface area contributed by atoms with E-state index in [1.807, 2.05) is 69.3 Å². The Kier molecular flexibility index (Phi) is 6.79. The van der Waals surface area contributed by atoms with Gasteiger partial charge in [0.25, 0.3) is 11.7 Å². The summed E-state index contributed by atoms with van der Waals surface area (Å²) >= 11 is 0. The van der Waals surface area contributed by atoms with Gasteiger partial charge in [0.05, 0.1) is 18.2 Å². The summed E-state index contributed by atoms with van der Waals surface area (Å²) in [5, 5.41) is 11.4. The second-order valence-electron chi connectivity index (χ2n) is 9.48. The number of Topliss-reactive ketones (excluding diaryl/α,β-unsaturated/α-hetero) is 1. The molecule has 3 aromatic rings. The Balaban J connectivity index is 1.87. The maximum absolute atomic E-state index is 13.4. The van der Waals surface area contributed by atoms with Crippen molar-refractivity contribution in [3.63, 3.8) is 0 Å². The largest absolute Gasteiger partial charge is 0.507 e. The van der Waals surface area contributed by atoms with Crippen LogP contribution in [-0.4, -0.2) is 23.4 Å². The smallest absolute Gasteiger partial charge is 0.300 e. The molecule has 0 spiro atoms. The highest BCUT2D eigenvalue weighted by Crippen LogP contribution is 2.43. The zero-order chi connectivity index (χ0) is 25.3. The maximum atomic E-state index is 13.4. The number of aryl methyl sites for hydroxylation is 2. The van der Waals surface area contributed by atoms with Crippen LogP contribution in [-0.2, 0) is 9.59 Å². The standard InChI is InChI=1S/C30H31NO4/c1-18(2)17-35-25-15-14-23(16-20(25)4)28(32)26-27(22-11-7-6-8-12-22)31(30(34)29(26)33)24-13-9-10-19(3)21(24)5/h6-16,18,27,32H,17H2,1-5H3/b28-26+. The molecule has 0 aromatic heterocycles. The van der Waals surface area contributed by atoms with Gasteiger partial charge in [0.2, 0.25) is 0 Å². The fraction of sp³-hybridized carbons (Fsp3) is 0.267. The maximum Gasteiger partial charge on any atom is 0.300 e. The summed E-state index contributed by atoms with van der Waals surface area (Å²) in [7, 11) is 0. The third kappa shape index (κ3) is 4.59. The number of carbonyl (C=O) groups is 2. The molecular formula is C30H31NO4. The van der Waals surface area contributed by atoms with Crippen LogP contribution >= 0.6 is 0 Å². The highest BCUT2D eigenvalue weighted by molar-refractivity contribution is 6.51. The number of nitrogens with zero attached hydrogens (tertiary/aromatic N) is 1. The highest BCUT2D eigenvalue weighted by atomic mass is 16.5. The number of carbonyl (C=O) groups excluding carboxylic acids is 2. The normalized spacial score (nSPS) is 17.3. The lowest BCUT2D eigenvalue weighted by molar-refractivity contribution is -0.132. The number of rotatable bonds is 6. The zero-order valence-corrected chi connectivity index (χ0v) is 20.8. The van der Waals surface area contributed by atoms with E-state index in [2.05, 4.69) is 13.8 Å². The lowest BCUT2D eigenvalue weighted by Gasteiger charge is -2.27. The zero-order valence-electron chi connectivity index (χ0n) is 20.8. The second kappa shape index (κ2) is 9.79. The molecule has 1 saturated heterocycles. The molecule has 1 unspecified atom stereocenters. The van der Waals surface area contributed by atoms with Gasteiger partial charge in [-0.1, -0.05) is 56.3 Å². The van der Waals surface area contributed by atoms with Crippen molar-refractivity contribution in [1.29, 1.82) is 0 Å². The number of ketones is 1. The van der Waals surface area contributed by atoms with Gasteiger partial charge in [0.1, 0.15) is 11.5 Å². The molecule has 1 amide bonds. The van der Waals surface area contributed by atoms with E-state index in [1.165, 1.54) is 4.90 Å². The van der Waals surface area contributed by atoms with E-state index in [0.29, 0.717) is 23.8 Å². The fourth-order valence-electron chi connectivity index (χ4n) is 4.40. The van der Waals surface area contributed by atoms with Crippen molar-refractivity contribution in [1.82, 2.24) is 0 Å². The molecule has 1 N–H and O–H groups in total. The third-order valence-corrected chi connectivity index (χ3v) is 6.42. The Hall–Kier alpha value is -3.86. The minimum absolute atomic E-state index is 0.0809. The average Bonchev–Trinajstić information content (AvgIpc) is 3.10. The number of amides is 1. The molecule has 1 atom stereocenters. The molecular weight excluding hydrogens is 438 g/mol. The Morgan fingerprint density at radius 3 is 2.31 bits per heavy atom. The van der Waals surface area contributed by atoms with Crippen molar-refractivity contribution in [3.8, 4) is 5.75 Å². The van der Waals surface area contributed by atoms with E-state index in [1.54, 1.807) is 18.2 Å². The van der Waals surface area contributed by atoms with Crippen LogP contribution in [0.3, 0.4) is 0 Å². The van der Waals surface area contributed by atoms with Crippen LogP contribution in [0, 0.1) is 26.7 Å². The molecule has 4 rings (SSSR count). The molecule has 1 aliphatic heterocycles. The van der Waals surface area contributed by atoms with Crippen molar-refractivity contribution < 1.29 is 19.4 Å².